The van der Waals surface area contributed by atoms with Crippen LogP contribution in [0.5, 0.6) is 0 Å². The molecule has 0 atom stereocenters. The van der Waals surface area contributed by atoms with Crippen LogP contribution in [0.25, 0.3) is 0 Å². The normalized spacial score (nSPS) is 18.1. The first kappa shape index (κ1) is 17.5. The van der Waals surface area contributed by atoms with E-state index in [9.17, 15) is 13.2 Å². The van der Waals surface area contributed by atoms with Crippen LogP contribution in [0, 0.1) is 0 Å². The molecule has 1 heterocycles. The molecule has 0 unspecified atom stereocenters. The van der Waals surface area contributed by atoms with Gasteiger partial charge >= 0.3 is 6.18 Å². The summed E-state index contributed by atoms with van der Waals surface area (Å²) in [6, 6.07) is 3.98. The molecule has 0 amide bonds. The van der Waals surface area contributed by atoms with Gasteiger partial charge < -0.3 is 10.3 Å². The SMILES string of the molecule is CP(C)OC1CCN(Cc2c(N)cccc2C(F)(F)F)CC1. The van der Waals surface area contributed by atoms with Gasteiger partial charge in [-0.05, 0) is 38.3 Å². The number of nitrogens with two attached hydrogens (primary N) is 1. The summed E-state index contributed by atoms with van der Waals surface area (Å²) in [6.07, 6.45) is -2.43. The lowest BCUT2D eigenvalue weighted by Crippen LogP contribution is -2.36. The fraction of sp³-hybridized carbons (Fsp3) is 0.600. The number of rotatable bonds is 4. The summed E-state index contributed by atoms with van der Waals surface area (Å²) >= 11 is 0. The molecule has 22 heavy (non-hydrogen) atoms. The van der Waals surface area contributed by atoms with Gasteiger partial charge in [0.25, 0.3) is 0 Å². The van der Waals surface area contributed by atoms with Gasteiger partial charge in [0.05, 0.1) is 11.7 Å². The second-order valence-electron chi connectivity index (χ2n) is 5.76. The number of nitrogen functional groups attached to an aromatic ring is 1. The van der Waals surface area contributed by atoms with Crippen LogP contribution in [-0.2, 0) is 17.2 Å². The van der Waals surface area contributed by atoms with Crippen LogP contribution in [0.3, 0.4) is 0 Å². The van der Waals surface area contributed by atoms with Crippen molar-refractivity contribution in [2.24, 2.45) is 0 Å². The average molecular weight is 334 g/mol. The molecular weight excluding hydrogens is 312 g/mol. The number of likely N-dealkylation sites (tertiary alicyclic amines) is 1. The molecule has 124 valence electrons. The predicted octanol–water partition coefficient (Wildman–Crippen LogP) is 3.93. The van der Waals surface area contributed by atoms with Gasteiger partial charge in [-0.2, -0.15) is 13.2 Å². The van der Waals surface area contributed by atoms with Crippen molar-refractivity contribution in [1.82, 2.24) is 4.90 Å². The molecule has 1 fully saturated rings. The second kappa shape index (κ2) is 7.16. The third kappa shape index (κ3) is 4.58. The molecule has 1 aliphatic rings. The van der Waals surface area contributed by atoms with Gasteiger partial charge in [-0.15, -0.1) is 0 Å². The summed E-state index contributed by atoms with van der Waals surface area (Å²) < 4.78 is 45.1. The van der Waals surface area contributed by atoms with E-state index in [1.165, 1.54) is 12.1 Å². The third-order valence-electron chi connectivity index (χ3n) is 3.79. The lowest BCUT2D eigenvalue weighted by Gasteiger charge is -2.33. The summed E-state index contributed by atoms with van der Waals surface area (Å²) in [5.41, 5.74) is 5.54. The van der Waals surface area contributed by atoms with Crippen molar-refractivity contribution >= 4 is 13.8 Å². The van der Waals surface area contributed by atoms with Gasteiger partial charge in [0.15, 0.2) is 0 Å². The molecule has 1 saturated heterocycles. The van der Waals surface area contributed by atoms with Crippen LogP contribution in [-0.4, -0.2) is 37.4 Å². The van der Waals surface area contributed by atoms with Crippen LogP contribution in [0.15, 0.2) is 18.2 Å². The van der Waals surface area contributed by atoms with E-state index in [2.05, 4.69) is 13.3 Å². The van der Waals surface area contributed by atoms with Gasteiger partial charge in [0, 0.05) is 39.0 Å². The highest BCUT2D eigenvalue weighted by atomic mass is 31.1. The first-order valence-electron chi connectivity index (χ1n) is 7.28. The molecule has 0 aliphatic carbocycles. The molecule has 7 heteroatoms. The number of benzene rings is 1. The van der Waals surface area contributed by atoms with E-state index in [1.54, 1.807) is 0 Å². The molecule has 1 aromatic rings. The van der Waals surface area contributed by atoms with E-state index in [0.29, 0.717) is 0 Å². The number of hydrogen-bond donors (Lipinski definition) is 1. The molecule has 0 aromatic heterocycles. The van der Waals surface area contributed by atoms with Gasteiger partial charge in [-0.1, -0.05) is 6.07 Å². The van der Waals surface area contributed by atoms with Crippen molar-refractivity contribution in [3.8, 4) is 0 Å². The monoisotopic (exact) mass is 334 g/mol. The minimum atomic E-state index is -4.37. The molecule has 0 spiro atoms. The third-order valence-corrected chi connectivity index (χ3v) is 4.51. The van der Waals surface area contributed by atoms with Crippen molar-refractivity contribution < 1.29 is 17.7 Å². The molecule has 1 aliphatic heterocycles. The Morgan fingerprint density at radius 3 is 2.45 bits per heavy atom. The molecule has 1 aromatic carbocycles. The standard InChI is InChI=1S/C15H22F3N2OP/c1-22(2)21-11-6-8-20(9-7-11)10-12-13(15(16,17)18)4-3-5-14(12)19/h3-5,11H,6-10,19H2,1-2H3. The highest BCUT2D eigenvalue weighted by molar-refractivity contribution is 7.50. The molecule has 0 radical (unpaired) electrons. The van der Waals surface area contributed by atoms with E-state index in [0.717, 1.165) is 32.0 Å². The Labute approximate surface area is 130 Å². The summed E-state index contributed by atoms with van der Waals surface area (Å²) in [4.78, 5) is 2.02. The fourth-order valence-electron chi connectivity index (χ4n) is 2.74. The molecular formula is C15H22F3N2OP. The average Bonchev–Trinajstić information content (AvgIpc) is 2.41. The van der Waals surface area contributed by atoms with E-state index in [-0.39, 0.29) is 23.9 Å². The summed E-state index contributed by atoms with van der Waals surface area (Å²) in [5, 5.41) is 0. The lowest BCUT2D eigenvalue weighted by atomic mass is 10.0. The minimum Gasteiger partial charge on any atom is -0.398 e. The van der Waals surface area contributed by atoms with Gasteiger partial charge in [-0.3, -0.25) is 4.90 Å². The fourth-order valence-corrected chi connectivity index (χ4v) is 3.55. The van der Waals surface area contributed by atoms with E-state index in [1.807, 2.05) is 4.90 Å². The molecule has 0 saturated carbocycles. The van der Waals surface area contributed by atoms with E-state index >= 15 is 0 Å². The number of alkyl halides is 3. The zero-order chi connectivity index (χ0) is 16.3. The number of halogens is 3. The Morgan fingerprint density at radius 2 is 1.91 bits per heavy atom. The number of hydrogen-bond acceptors (Lipinski definition) is 3. The van der Waals surface area contributed by atoms with Crippen LogP contribution >= 0.6 is 8.15 Å². The highest BCUT2D eigenvalue weighted by Crippen LogP contribution is 2.36. The van der Waals surface area contributed by atoms with Crippen LogP contribution < -0.4 is 5.73 Å². The summed E-state index contributed by atoms with van der Waals surface area (Å²) in [5.74, 6) is 0. The van der Waals surface area contributed by atoms with Gasteiger partial charge in [-0.25, -0.2) is 0 Å². The Balaban J connectivity index is 2.04. The van der Waals surface area contributed by atoms with Gasteiger partial charge in [0.2, 0.25) is 0 Å². The molecule has 3 nitrogen and oxygen atoms in total. The predicted molar refractivity (Wildman–Crippen MR) is 84.0 cm³/mol. The first-order valence-corrected chi connectivity index (χ1v) is 9.44. The lowest BCUT2D eigenvalue weighted by molar-refractivity contribution is -0.138. The number of anilines is 1. The molecule has 0 bridgehead atoms. The smallest absolute Gasteiger partial charge is 0.398 e. The summed E-state index contributed by atoms with van der Waals surface area (Å²) in [6.45, 7) is 5.82. The van der Waals surface area contributed by atoms with Crippen LogP contribution in [0.2, 0.25) is 0 Å². The number of piperidine rings is 1. The summed E-state index contributed by atoms with van der Waals surface area (Å²) in [7, 11) is -0.399. The maximum atomic E-state index is 13.1. The highest BCUT2D eigenvalue weighted by Gasteiger charge is 2.34. The number of nitrogens with zero attached hydrogens (tertiary/aromatic N) is 1. The maximum absolute atomic E-state index is 13.1. The van der Waals surface area contributed by atoms with Crippen molar-refractivity contribution in [2.75, 3.05) is 32.2 Å². The first-order chi connectivity index (χ1) is 10.3. The van der Waals surface area contributed by atoms with E-state index in [4.69, 9.17) is 10.3 Å². The Morgan fingerprint density at radius 1 is 1.27 bits per heavy atom. The topological polar surface area (TPSA) is 38.5 Å². The second-order valence-corrected chi connectivity index (χ2v) is 7.60. The molecule has 2 rings (SSSR count). The Hall–Kier alpha value is -0.840. The van der Waals surface area contributed by atoms with Gasteiger partial charge in [0.1, 0.15) is 0 Å². The minimum absolute atomic E-state index is 0.183. The van der Waals surface area contributed by atoms with E-state index < -0.39 is 19.9 Å². The zero-order valence-corrected chi connectivity index (χ0v) is 13.8. The zero-order valence-electron chi connectivity index (χ0n) is 12.9. The maximum Gasteiger partial charge on any atom is 0.416 e. The van der Waals surface area contributed by atoms with Crippen LogP contribution in [0.1, 0.15) is 24.0 Å². The Kier molecular flexibility index (Phi) is 5.70. The Bertz CT molecular complexity index is 500. The quantitative estimate of drug-likeness (QED) is 0.670. The van der Waals surface area contributed by atoms with Crippen LogP contribution in [0.4, 0.5) is 18.9 Å². The van der Waals surface area contributed by atoms with Crippen molar-refractivity contribution in [1.29, 1.82) is 0 Å². The van der Waals surface area contributed by atoms with Crippen molar-refractivity contribution in [3.63, 3.8) is 0 Å². The van der Waals surface area contributed by atoms with Crippen molar-refractivity contribution in [2.45, 2.75) is 31.7 Å². The molecule has 2 N–H and O–H groups in total. The van der Waals surface area contributed by atoms with Crippen molar-refractivity contribution in [3.05, 3.63) is 29.3 Å². The largest absolute Gasteiger partial charge is 0.416 e.